The summed E-state index contributed by atoms with van der Waals surface area (Å²) in [6, 6.07) is 8.42. The number of aryl methyl sites for hydroxylation is 1. The van der Waals surface area contributed by atoms with Gasteiger partial charge in [-0.05, 0) is 44.1 Å². The Morgan fingerprint density at radius 3 is 2.76 bits per heavy atom. The van der Waals surface area contributed by atoms with E-state index in [-0.39, 0.29) is 0 Å². The average Bonchev–Trinajstić information content (AvgIpc) is 2.29. The third-order valence-electron chi connectivity index (χ3n) is 2.74. The van der Waals surface area contributed by atoms with Gasteiger partial charge in [-0.3, -0.25) is 0 Å². The van der Waals surface area contributed by atoms with Gasteiger partial charge in [-0.2, -0.15) is 5.26 Å². The van der Waals surface area contributed by atoms with Crippen LogP contribution in [0.1, 0.15) is 24.0 Å². The summed E-state index contributed by atoms with van der Waals surface area (Å²) < 4.78 is 5.23. The molecule has 0 unspecified atom stereocenters. The highest BCUT2D eigenvalue weighted by molar-refractivity contribution is 5.36. The Bertz CT molecular complexity index is 396. The van der Waals surface area contributed by atoms with Crippen molar-refractivity contribution in [2.24, 2.45) is 0 Å². The van der Waals surface area contributed by atoms with Gasteiger partial charge in [-0.1, -0.05) is 12.1 Å². The van der Waals surface area contributed by atoms with E-state index in [0.717, 1.165) is 30.8 Å². The molecule has 0 saturated carbocycles. The zero-order chi connectivity index (χ0) is 12.7. The molecule has 0 saturated heterocycles. The summed E-state index contributed by atoms with van der Waals surface area (Å²) in [4.78, 5) is 2.23. The molecular formula is C14H20N2O. The van der Waals surface area contributed by atoms with Gasteiger partial charge in [0.2, 0.25) is 0 Å². The van der Waals surface area contributed by atoms with Crippen LogP contribution in [0.2, 0.25) is 0 Å². The average molecular weight is 232 g/mol. The number of nitrogens with zero attached hydrogens (tertiary/aromatic N) is 2. The highest BCUT2D eigenvalue weighted by Crippen LogP contribution is 2.19. The minimum atomic E-state index is 0.631. The highest BCUT2D eigenvalue weighted by atomic mass is 16.5. The first-order chi connectivity index (χ1) is 8.17. The normalized spacial score (nSPS) is 10.3. The number of nitriles is 1. The molecule has 0 N–H and O–H groups in total. The number of rotatable bonds is 6. The first kappa shape index (κ1) is 13.5. The molecule has 0 heterocycles. The summed E-state index contributed by atoms with van der Waals surface area (Å²) in [6.07, 6.45) is 1.56. The van der Waals surface area contributed by atoms with E-state index in [1.165, 1.54) is 5.56 Å². The Hall–Kier alpha value is -1.53. The van der Waals surface area contributed by atoms with Crippen LogP contribution in [0.25, 0.3) is 0 Å². The standard InChI is InChI=1S/C14H20N2O/c1-12-10-13(6-7-14(12)17-3)11-16(2)9-5-4-8-15/h6-7,10H,4-5,9,11H2,1-3H3. The van der Waals surface area contributed by atoms with Crippen molar-refractivity contribution < 1.29 is 4.74 Å². The van der Waals surface area contributed by atoms with Gasteiger partial charge in [0.15, 0.2) is 0 Å². The zero-order valence-electron chi connectivity index (χ0n) is 10.9. The van der Waals surface area contributed by atoms with Crippen molar-refractivity contribution in [1.29, 1.82) is 5.26 Å². The molecule has 1 rings (SSSR count). The molecule has 0 bridgehead atoms. The van der Waals surface area contributed by atoms with Gasteiger partial charge in [0.05, 0.1) is 13.2 Å². The molecule has 0 fully saturated rings. The van der Waals surface area contributed by atoms with E-state index in [1.54, 1.807) is 7.11 Å². The van der Waals surface area contributed by atoms with E-state index < -0.39 is 0 Å². The van der Waals surface area contributed by atoms with Crippen molar-refractivity contribution >= 4 is 0 Å². The highest BCUT2D eigenvalue weighted by Gasteiger charge is 2.03. The molecule has 0 atom stereocenters. The van der Waals surface area contributed by atoms with E-state index in [4.69, 9.17) is 10.00 Å². The Balaban J connectivity index is 2.51. The molecule has 1 aromatic rings. The molecular weight excluding hydrogens is 212 g/mol. The third-order valence-corrected chi connectivity index (χ3v) is 2.74. The summed E-state index contributed by atoms with van der Waals surface area (Å²) in [5.41, 5.74) is 2.44. The van der Waals surface area contributed by atoms with Crippen LogP contribution in [0.4, 0.5) is 0 Å². The lowest BCUT2D eigenvalue weighted by atomic mass is 10.1. The van der Waals surface area contributed by atoms with Crippen LogP contribution >= 0.6 is 0 Å². The van der Waals surface area contributed by atoms with Crippen LogP contribution in [0.3, 0.4) is 0 Å². The maximum atomic E-state index is 8.48. The Kier molecular flexibility index (Phi) is 5.51. The summed E-state index contributed by atoms with van der Waals surface area (Å²) in [5, 5.41) is 8.48. The number of hydrogen-bond acceptors (Lipinski definition) is 3. The lowest BCUT2D eigenvalue weighted by Gasteiger charge is -2.16. The van der Waals surface area contributed by atoms with Gasteiger partial charge in [0, 0.05) is 13.0 Å². The third kappa shape index (κ3) is 4.46. The molecule has 1 aromatic carbocycles. The van der Waals surface area contributed by atoms with Gasteiger partial charge >= 0.3 is 0 Å². The van der Waals surface area contributed by atoms with Crippen molar-refractivity contribution in [2.45, 2.75) is 26.3 Å². The fourth-order valence-corrected chi connectivity index (χ4v) is 1.86. The predicted octanol–water partition coefficient (Wildman–Crippen LogP) is 2.74. The zero-order valence-corrected chi connectivity index (χ0v) is 10.9. The van der Waals surface area contributed by atoms with E-state index >= 15 is 0 Å². The number of hydrogen-bond donors (Lipinski definition) is 0. The molecule has 0 aliphatic rings. The fraction of sp³-hybridized carbons (Fsp3) is 0.500. The van der Waals surface area contributed by atoms with Crippen molar-refractivity contribution in [3.8, 4) is 11.8 Å². The van der Waals surface area contributed by atoms with Gasteiger partial charge in [-0.15, -0.1) is 0 Å². The molecule has 0 aliphatic heterocycles. The lowest BCUT2D eigenvalue weighted by molar-refractivity contribution is 0.323. The quantitative estimate of drug-likeness (QED) is 0.708. The smallest absolute Gasteiger partial charge is 0.121 e. The van der Waals surface area contributed by atoms with Gasteiger partial charge in [0.25, 0.3) is 0 Å². The monoisotopic (exact) mass is 232 g/mol. The Morgan fingerprint density at radius 2 is 2.18 bits per heavy atom. The van der Waals surface area contributed by atoms with Gasteiger partial charge < -0.3 is 9.64 Å². The topological polar surface area (TPSA) is 36.3 Å². The molecule has 3 heteroatoms. The molecule has 0 aromatic heterocycles. The van der Waals surface area contributed by atoms with E-state index in [2.05, 4.69) is 37.1 Å². The van der Waals surface area contributed by atoms with Crippen LogP contribution in [-0.2, 0) is 6.54 Å². The summed E-state index contributed by atoms with van der Waals surface area (Å²) in [6.45, 7) is 3.92. The second kappa shape index (κ2) is 6.93. The van der Waals surface area contributed by atoms with Crippen molar-refractivity contribution in [3.63, 3.8) is 0 Å². The molecule has 0 aliphatic carbocycles. The summed E-state index contributed by atoms with van der Waals surface area (Å²) in [5.74, 6) is 0.931. The lowest BCUT2D eigenvalue weighted by Crippen LogP contribution is -2.19. The van der Waals surface area contributed by atoms with Crippen LogP contribution in [0.15, 0.2) is 18.2 Å². The Labute approximate surface area is 104 Å². The van der Waals surface area contributed by atoms with Gasteiger partial charge in [0.1, 0.15) is 5.75 Å². The van der Waals surface area contributed by atoms with E-state index in [1.807, 2.05) is 6.07 Å². The maximum absolute atomic E-state index is 8.48. The number of methoxy groups -OCH3 is 1. The SMILES string of the molecule is COc1ccc(CN(C)CCCC#N)cc1C. The summed E-state index contributed by atoms with van der Waals surface area (Å²) in [7, 11) is 3.77. The first-order valence-corrected chi connectivity index (χ1v) is 5.86. The largest absolute Gasteiger partial charge is 0.496 e. The Morgan fingerprint density at radius 1 is 1.41 bits per heavy atom. The minimum Gasteiger partial charge on any atom is -0.496 e. The number of ether oxygens (including phenoxy) is 1. The summed E-state index contributed by atoms with van der Waals surface area (Å²) >= 11 is 0. The minimum absolute atomic E-state index is 0.631. The van der Waals surface area contributed by atoms with Crippen LogP contribution in [0.5, 0.6) is 5.75 Å². The second-order valence-electron chi connectivity index (χ2n) is 4.30. The first-order valence-electron chi connectivity index (χ1n) is 5.86. The maximum Gasteiger partial charge on any atom is 0.121 e. The van der Waals surface area contributed by atoms with Crippen molar-refractivity contribution in [3.05, 3.63) is 29.3 Å². The van der Waals surface area contributed by atoms with Crippen molar-refractivity contribution in [2.75, 3.05) is 20.7 Å². The van der Waals surface area contributed by atoms with Gasteiger partial charge in [-0.25, -0.2) is 0 Å². The number of benzene rings is 1. The molecule has 3 nitrogen and oxygen atoms in total. The molecule has 0 spiro atoms. The van der Waals surface area contributed by atoms with Crippen LogP contribution in [-0.4, -0.2) is 25.6 Å². The predicted molar refractivity (Wildman–Crippen MR) is 68.9 cm³/mol. The molecule has 17 heavy (non-hydrogen) atoms. The molecule has 0 radical (unpaired) electrons. The van der Waals surface area contributed by atoms with E-state index in [0.29, 0.717) is 6.42 Å². The number of unbranched alkanes of at least 4 members (excludes halogenated alkanes) is 1. The van der Waals surface area contributed by atoms with Crippen molar-refractivity contribution in [1.82, 2.24) is 4.90 Å². The second-order valence-corrected chi connectivity index (χ2v) is 4.30. The van der Waals surface area contributed by atoms with Crippen LogP contribution < -0.4 is 4.74 Å². The fourth-order valence-electron chi connectivity index (χ4n) is 1.86. The molecule has 0 amide bonds. The van der Waals surface area contributed by atoms with E-state index in [9.17, 15) is 0 Å². The van der Waals surface area contributed by atoms with Crippen LogP contribution in [0, 0.1) is 18.3 Å². The molecule has 92 valence electrons.